The third kappa shape index (κ3) is 3.57. The summed E-state index contributed by atoms with van der Waals surface area (Å²) in [5.41, 5.74) is 1.50. The monoisotopic (exact) mass is 269 g/mol. The highest BCUT2D eigenvalue weighted by molar-refractivity contribution is 7.10. The normalized spacial score (nSPS) is 12.5. The van der Waals surface area contributed by atoms with Crippen LogP contribution in [-0.2, 0) is 4.79 Å². The first kappa shape index (κ1) is 14.7. The second kappa shape index (κ2) is 6.00. The third-order valence-corrected chi connectivity index (χ3v) is 3.85. The zero-order valence-electron chi connectivity index (χ0n) is 11.1. The van der Waals surface area contributed by atoms with Crippen LogP contribution in [0, 0.1) is 19.8 Å². The first-order chi connectivity index (χ1) is 8.32. The number of carboxylic acid groups (broad SMARTS) is 1. The molecule has 18 heavy (non-hydrogen) atoms. The molecule has 0 radical (unpaired) electrons. The lowest BCUT2D eigenvalue weighted by Crippen LogP contribution is -2.41. The average Bonchev–Trinajstić information content (AvgIpc) is 2.58. The number of rotatable bonds is 5. The largest absolute Gasteiger partial charge is 0.480 e. The molecule has 0 fully saturated rings. The van der Waals surface area contributed by atoms with Crippen molar-refractivity contribution < 1.29 is 14.7 Å². The molecule has 0 saturated heterocycles. The van der Waals surface area contributed by atoms with Crippen LogP contribution in [0.3, 0.4) is 0 Å². The summed E-state index contributed by atoms with van der Waals surface area (Å²) in [6, 6.07) is -0.822. The van der Waals surface area contributed by atoms with Crippen molar-refractivity contribution in [3.63, 3.8) is 0 Å². The van der Waals surface area contributed by atoms with Gasteiger partial charge >= 0.3 is 5.97 Å². The smallest absolute Gasteiger partial charge is 0.326 e. The standard InChI is InChI=1S/C13H19NO3S/c1-7(2)5-11(13(16)17)14-12(15)10-6-18-9(4)8(10)3/h6-7,11H,5H2,1-4H3,(H,14,15)(H,16,17)/t11-/m0/s1. The molecule has 1 aromatic rings. The minimum atomic E-state index is -0.985. The fourth-order valence-corrected chi connectivity index (χ4v) is 2.53. The van der Waals surface area contributed by atoms with Crippen molar-refractivity contribution in [3.05, 3.63) is 21.4 Å². The Balaban J connectivity index is 2.79. The maximum absolute atomic E-state index is 12.0. The van der Waals surface area contributed by atoms with Gasteiger partial charge < -0.3 is 10.4 Å². The number of amides is 1. The number of hydrogen-bond donors (Lipinski definition) is 2. The van der Waals surface area contributed by atoms with Gasteiger partial charge in [-0.1, -0.05) is 13.8 Å². The van der Waals surface area contributed by atoms with Gasteiger partial charge in [-0.05, 0) is 31.7 Å². The molecule has 100 valence electrons. The van der Waals surface area contributed by atoms with Gasteiger partial charge in [0.05, 0.1) is 5.56 Å². The summed E-state index contributed by atoms with van der Waals surface area (Å²) in [6.07, 6.45) is 0.434. The highest BCUT2D eigenvalue weighted by Gasteiger charge is 2.23. The summed E-state index contributed by atoms with van der Waals surface area (Å²) < 4.78 is 0. The van der Waals surface area contributed by atoms with E-state index < -0.39 is 12.0 Å². The van der Waals surface area contributed by atoms with Crippen LogP contribution in [0.15, 0.2) is 5.38 Å². The molecular formula is C13H19NO3S. The van der Waals surface area contributed by atoms with Crippen molar-refractivity contribution in [1.82, 2.24) is 5.32 Å². The van der Waals surface area contributed by atoms with Gasteiger partial charge in [0, 0.05) is 10.3 Å². The Morgan fingerprint density at radius 2 is 2.00 bits per heavy atom. The molecule has 0 aromatic carbocycles. The molecule has 1 rings (SSSR count). The van der Waals surface area contributed by atoms with Crippen LogP contribution < -0.4 is 5.32 Å². The highest BCUT2D eigenvalue weighted by Crippen LogP contribution is 2.20. The zero-order chi connectivity index (χ0) is 13.9. The number of aryl methyl sites for hydroxylation is 1. The van der Waals surface area contributed by atoms with E-state index in [4.69, 9.17) is 5.11 Å². The van der Waals surface area contributed by atoms with E-state index in [-0.39, 0.29) is 11.8 Å². The summed E-state index contributed by atoms with van der Waals surface area (Å²) in [5, 5.41) is 13.4. The maximum Gasteiger partial charge on any atom is 0.326 e. The molecule has 1 aromatic heterocycles. The summed E-state index contributed by atoms with van der Waals surface area (Å²) in [5.74, 6) is -1.07. The predicted molar refractivity (Wildman–Crippen MR) is 72.1 cm³/mol. The summed E-state index contributed by atoms with van der Waals surface area (Å²) in [4.78, 5) is 24.2. The van der Waals surface area contributed by atoms with Crippen LogP contribution in [0.1, 0.15) is 41.1 Å². The molecule has 1 amide bonds. The van der Waals surface area contributed by atoms with E-state index in [2.05, 4.69) is 5.32 Å². The Morgan fingerprint density at radius 1 is 1.39 bits per heavy atom. The SMILES string of the molecule is Cc1scc(C(=O)N[C@@H](CC(C)C)C(=O)O)c1C. The molecule has 4 nitrogen and oxygen atoms in total. The number of carbonyl (C=O) groups is 2. The minimum Gasteiger partial charge on any atom is -0.480 e. The van der Waals surface area contributed by atoms with Crippen molar-refractivity contribution in [3.8, 4) is 0 Å². The molecule has 5 heteroatoms. The lowest BCUT2D eigenvalue weighted by molar-refractivity contribution is -0.139. The van der Waals surface area contributed by atoms with Gasteiger partial charge in [0.2, 0.25) is 0 Å². The number of aliphatic carboxylic acids is 1. The molecule has 1 heterocycles. The number of thiophene rings is 1. The highest BCUT2D eigenvalue weighted by atomic mass is 32.1. The van der Waals surface area contributed by atoms with Crippen LogP contribution in [0.4, 0.5) is 0 Å². The minimum absolute atomic E-state index is 0.219. The number of carboxylic acids is 1. The second-order valence-corrected chi connectivity index (χ2v) is 5.91. The Bertz CT molecular complexity index is 451. The topological polar surface area (TPSA) is 66.4 Å². The van der Waals surface area contributed by atoms with E-state index in [0.717, 1.165) is 10.4 Å². The van der Waals surface area contributed by atoms with Crippen molar-refractivity contribution in [1.29, 1.82) is 0 Å². The van der Waals surface area contributed by atoms with Crippen molar-refractivity contribution >= 4 is 23.2 Å². The summed E-state index contributed by atoms with van der Waals surface area (Å²) >= 11 is 1.50. The average molecular weight is 269 g/mol. The van der Waals surface area contributed by atoms with Crippen molar-refractivity contribution in [2.75, 3.05) is 0 Å². The Hall–Kier alpha value is -1.36. The van der Waals surface area contributed by atoms with Gasteiger partial charge in [0.15, 0.2) is 0 Å². The van der Waals surface area contributed by atoms with Gasteiger partial charge in [0.1, 0.15) is 6.04 Å². The first-order valence-electron chi connectivity index (χ1n) is 5.91. The third-order valence-electron chi connectivity index (χ3n) is 2.84. The number of carbonyl (C=O) groups excluding carboxylic acids is 1. The summed E-state index contributed by atoms with van der Waals surface area (Å²) in [7, 11) is 0. The molecule has 0 aliphatic rings. The number of hydrogen-bond acceptors (Lipinski definition) is 3. The molecule has 0 bridgehead atoms. The Kier molecular flexibility index (Phi) is 4.90. The van der Waals surface area contributed by atoms with Crippen LogP contribution in [-0.4, -0.2) is 23.0 Å². The van der Waals surface area contributed by atoms with Crippen LogP contribution in [0.2, 0.25) is 0 Å². The lowest BCUT2D eigenvalue weighted by Gasteiger charge is -2.16. The predicted octanol–water partition coefficient (Wildman–Crippen LogP) is 2.59. The van der Waals surface area contributed by atoms with Crippen LogP contribution >= 0.6 is 11.3 Å². The summed E-state index contributed by atoms with van der Waals surface area (Å²) in [6.45, 7) is 7.68. The second-order valence-electron chi connectivity index (χ2n) is 4.82. The Labute approximate surface area is 111 Å². The van der Waals surface area contributed by atoms with E-state index in [0.29, 0.717) is 12.0 Å². The van der Waals surface area contributed by atoms with Gasteiger partial charge in [-0.15, -0.1) is 11.3 Å². The molecule has 2 N–H and O–H groups in total. The van der Waals surface area contributed by atoms with Gasteiger partial charge in [0.25, 0.3) is 5.91 Å². The fourth-order valence-electron chi connectivity index (χ4n) is 1.67. The van der Waals surface area contributed by atoms with Crippen LogP contribution in [0.25, 0.3) is 0 Å². The number of nitrogens with one attached hydrogen (secondary N) is 1. The first-order valence-corrected chi connectivity index (χ1v) is 6.79. The molecule has 0 aliphatic carbocycles. The van der Waals surface area contributed by atoms with Crippen molar-refractivity contribution in [2.24, 2.45) is 5.92 Å². The zero-order valence-corrected chi connectivity index (χ0v) is 11.9. The Morgan fingerprint density at radius 3 is 2.39 bits per heavy atom. The molecule has 0 spiro atoms. The quantitative estimate of drug-likeness (QED) is 0.863. The van der Waals surface area contributed by atoms with E-state index in [1.54, 1.807) is 5.38 Å². The molecule has 1 atom stereocenters. The van der Waals surface area contributed by atoms with Gasteiger partial charge in [-0.3, -0.25) is 4.79 Å². The molecule has 0 saturated carbocycles. The molecule has 0 unspecified atom stereocenters. The van der Waals surface area contributed by atoms with Gasteiger partial charge in [-0.2, -0.15) is 0 Å². The van der Waals surface area contributed by atoms with Crippen molar-refractivity contribution in [2.45, 2.75) is 40.2 Å². The van der Waals surface area contributed by atoms with Gasteiger partial charge in [-0.25, -0.2) is 4.79 Å². The lowest BCUT2D eigenvalue weighted by atomic mass is 10.0. The fraction of sp³-hybridized carbons (Fsp3) is 0.538. The molecule has 0 aliphatic heterocycles. The van der Waals surface area contributed by atoms with E-state index in [9.17, 15) is 9.59 Å². The molecular weight excluding hydrogens is 250 g/mol. The van der Waals surface area contributed by atoms with Crippen LogP contribution in [0.5, 0.6) is 0 Å². The van der Waals surface area contributed by atoms with E-state index in [1.807, 2.05) is 27.7 Å². The van der Waals surface area contributed by atoms with E-state index >= 15 is 0 Å². The van der Waals surface area contributed by atoms with E-state index in [1.165, 1.54) is 11.3 Å². The maximum atomic E-state index is 12.0.